The smallest absolute Gasteiger partial charge is 0.256 e. The molecule has 0 aliphatic rings. The van der Waals surface area contributed by atoms with Crippen molar-refractivity contribution in [3.8, 4) is 0 Å². The van der Waals surface area contributed by atoms with E-state index >= 15 is 0 Å². The number of alkyl halides is 2. The highest BCUT2D eigenvalue weighted by atomic mass is 19.3. The molecule has 1 aromatic carbocycles. The molecular formula is C11H9F2NO. The first kappa shape index (κ1) is 9.83. The zero-order valence-corrected chi connectivity index (χ0v) is 7.86. The summed E-state index contributed by atoms with van der Waals surface area (Å²) < 4.78 is 25.9. The summed E-state index contributed by atoms with van der Waals surface area (Å²) >= 11 is 0. The standard InChI is InChI=1S/C11H9F2NO/c12-11(13)6-14-5-4-9-8(7-15)2-1-3-10(9)14/h1-5,7,11H,6H2. The van der Waals surface area contributed by atoms with Gasteiger partial charge >= 0.3 is 0 Å². The van der Waals surface area contributed by atoms with Crippen molar-refractivity contribution in [1.29, 1.82) is 0 Å². The first-order valence-electron chi connectivity index (χ1n) is 4.53. The highest BCUT2D eigenvalue weighted by Crippen LogP contribution is 2.19. The minimum atomic E-state index is -2.39. The lowest BCUT2D eigenvalue weighted by molar-refractivity contribution is 0.112. The molecule has 0 aliphatic heterocycles. The molecule has 1 aromatic heterocycles. The van der Waals surface area contributed by atoms with Crippen LogP contribution in [0.15, 0.2) is 30.5 Å². The molecule has 2 aromatic rings. The van der Waals surface area contributed by atoms with E-state index in [9.17, 15) is 13.6 Å². The molecule has 0 aliphatic carbocycles. The minimum absolute atomic E-state index is 0.341. The van der Waals surface area contributed by atoms with Gasteiger partial charge in [0, 0.05) is 22.7 Å². The third-order valence-corrected chi connectivity index (χ3v) is 2.31. The number of fused-ring (bicyclic) bond motifs is 1. The number of rotatable bonds is 3. The van der Waals surface area contributed by atoms with Gasteiger partial charge in [0.1, 0.15) is 0 Å². The number of carbonyl (C=O) groups is 1. The second kappa shape index (κ2) is 3.81. The zero-order chi connectivity index (χ0) is 10.8. The first-order chi connectivity index (χ1) is 7.22. The van der Waals surface area contributed by atoms with Gasteiger partial charge in [0.25, 0.3) is 6.43 Å². The summed E-state index contributed by atoms with van der Waals surface area (Å²) in [7, 11) is 0. The molecule has 78 valence electrons. The van der Waals surface area contributed by atoms with Gasteiger partial charge in [-0.3, -0.25) is 4.79 Å². The van der Waals surface area contributed by atoms with E-state index < -0.39 is 6.43 Å². The molecule has 0 radical (unpaired) electrons. The van der Waals surface area contributed by atoms with E-state index in [0.29, 0.717) is 16.5 Å². The summed E-state index contributed by atoms with van der Waals surface area (Å²) in [5.74, 6) is 0. The van der Waals surface area contributed by atoms with Crippen molar-refractivity contribution >= 4 is 17.2 Å². The van der Waals surface area contributed by atoms with E-state index in [4.69, 9.17) is 0 Å². The number of hydrogen-bond acceptors (Lipinski definition) is 1. The van der Waals surface area contributed by atoms with Gasteiger partial charge in [-0.15, -0.1) is 0 Å². The first-order valence-corrected chi connectivity index (χ1v) is 4.53. The molecule has 2 rings (SSSR count). The summed E-state index contributed by atoms with van der Waals surface area (Å²) in [4.78, 5) is 10.7. The molecule has 0 spiro atoms. The maximum Gasteiger partial charge on any atom is 0.256 e. The van der Waals surface area contributed by atoms with Crippen LogP contribution < -0.4 is 0 Å². The highest BCUT2D eigenvalue weighted by molar-refractivity contribution is 5.97. The lowest BCUT2D eigenvalue weighted by Crippen LogP contribution is -2.04. The van der Waals surface area contributed by atoms with Crippen molar-refractivity contribution in [3.05, 3.63) is 36.0 Å². The van der Waals surface area contributed by atoms with Crippen molar-refractivity contribution in [2.75, 3.05) is 0 Å². The molecule has 2 nitrogen and oxygen atoms in total. The Morgan fingerprint density at radius 2 is 2.13 bits per heavy atom. The van der Waals surface area contributed by atoms with E-state index in [1.165, 1.54) is 4.57 Å². The molecule has 0 saturated heterocycles. The van der Waals surface area contributed by atoms with Crippen LogP contribution in [0.2, 0.25) is 0 Å². The average Bonchev–Trinajstić information content (AvgIpc) is 2.61. The van der Waals surface area contributed by atoms with Crippen LogP contribution in [0.4, 0.5) is 8.78 Å². The Morgan fingerprint density at radius 3 is 2.80 bits per heavy atom. The largest absolute Gasteiger partial charge is 0.342 e. The Balaban J connectivity index is 2.55. The summed E-state index contributed by atoms with van der Waals surface area (Å²) in [5, 5.41) is 0.716. The number of hydrogen-bond donors (Lipinski definition) is 0. The fraction of sp³-hybridized carbons (Fsp3) is 0.182. The number of carbonyl (C=O) groups excluding carboxylic acids is 1. The van der Waals surface area contributed by atoms with Gasteiger partial charge in [-0.2, -0.15) is 0 Å². The molecule has 0 fully saturated rings. The minimum Gasteiger partial charge on any atom is -0.342 e. The molecule has 0 atom stereocenters. The Kier molecular flexibility index (Phi) is 2.49. The van der Waals surface area contributed by atoms with Crippen molar-refractivity contribution < 1.29 is 13.6 Å². The normalized spacial score (nSPS) is 11.1. The SMILES string of the molecule is O=Cc1cccc2c1ccn2CC(F)F. The van der Waals surface area contributed by atoms with E-state index in [1.54, 1.807) is 30.5 Å². The van der Waals surface area contributed by atoms with E-state index in [1.807, 2.05) is 0 Å². The molecule has 15 heavy (non-hydrogen) atoms. The van der Waals surface area contributed by atoms with Crippen LogP contribution in [0.25, 0.3) is 10.9 Å². The van der Waals surface area contributed by atoms with E-state index in [2.05, 4.69) is 0 Å². The molecule has 4 heteroatoms. The Labute approximate surface area is 85.1 Å². The van der Waals surface area contributed by atoms with Crippen LogP contribution in [-0.2, 0) is 6.54 Å². The van der Waals surface area contributed by atoms with Crippen molar-refractivity contribution in [2.24, 2.45) is 0 Å². The third-order valence-electron chi connectivity index (χ3n) is 2.31. The zero-order valence-electron chi connectivity index (χ0n) is 7.86. The summed E-state index contributed by atoms with van der Waals surface area (Å²) in [5.41, 5.74) is 1.19. The van der Waals surface area contributed by atoms with Gasteiger partial charge < -0.3 is 4.57 Å². The summed E-state index contributed by atoms with van der Waals surface area (Å²) in [6, 6.07) is 6.77. The predicted molar refractivity (Wildman–Crippen MR) is 53.3 cm³/mol. The summed E-state index contributed by atoms with van der Waals surface area (Å²) in [6.45, 7) is -0.341. The quantitative estimate of drug-likeness (QED) is 0.712. The highest BCUT2D eigenvalue weighted by Gasteiger charge is 2.08. The van der Waals surface area contributed by atoms with E-state index in [-0.39, 0.29) is 6.54 Å². The number of halogens is 2. The van der Waals surface area contributed by atoms with Crippen LogP contribution in [0.5, 0.6) is 0 Å². The number of nitrogens with zero attached hydrogens (tertiary/aromatic N) is 1. The van der Waals surface area contributed by atoms with Gasteiger partial charge in [-0.05, 0) is 12.1 Å². The maximum atomic E-state index is 12.2. The van der Waals surface area contributed by atoms with Crippen LogP contribution in [-0.4, -0.2) is 17.3 Å². The second-order valence-electron chi connectivity index (χ2n) is 3.26. The maximum absolute atomic E-state index is 12.2. The van der Waals surface area contributed by atoms with Gasteiger partial charge in [0.05, 0.1) is 6.54 Å². The Bertz CT molecular complexity index is 490. The van der Waals surface area contributed by atoms with Crippen molar-refractivity contribution in [2.45, 2.75) is 13.0 Å². The van der Waals surface area contributed by atoms with Gasteiger partial charge in [0.15, 0.2) is 6.29 Å². The predicted octanol–water partition coefficient (Wildman–Crippen LogP) is 2.72. The fourth-order valence-corrected chi connectivity index (χ4v) is 1.66. The number of benzene rings is 1. The molecule has 1 heterocycles. The number of aldehydes is 1. The van der Waals surface area contributed by atoms with Crippen molar-refractivity contribution in [3.63, 3.8) is 0 Å². The molecule has 0 saturated carbocycles. The summed E-state index contributed by atoms with van der Waals surface area (Å²) in [6.07, 6.45) is -0.0840. The van der Waals surface area contributed by atoms with Crippen molar-refractivity contribution in [1.82, 2.24) is 4.57 Å². The molecule has 0 N–H and O–H groups in total. The molecular weight excluding hydrogens is 200 g/mol. The van der Waals surface area contributed by atoms with Gasteiger partial charge in [-0.25, -0.2) is 8.78 Å². The molecule has 0 bridgehead atoms. The second-order valence-corrected chi connectivity index (χ2v) is 3.26. The van der Waals surface area contributed by atoms with Crippen LogP contribution in [0.3, 0.4) is 0 Å². The lowest BCUT2D eigenvalue weighted by Gasteiger charge is -2.04. The van der Waals surface area contributed by atoms with E-state index in [0.717, 1.165) is 6.29 Å². The lowest BCUT2D eigenvalue weighted by atomic mass is 10.1. The molecule has 0 unspecified atom stereocenters. The topological polar surface area (TPSA) is 22.0 Å². The average molecular weight is 209 g/mol. The molecule has 0 amide bonds. The van der Waals surface area contributed by atoms with Gasteiger partial charge in [0.2, 0.25) is 0 Å². The Morgan fingerprint density at radius 1 is 1.33 bits per heavy atom. The van der Waals surface area contributed by atoms with Crippen LogP contribution in [0.1, 0.15) is 10.4 Å². The number of aromatic nitrogens is 1. The van der Waals surface area contributed by atoms with Crippen LogP contribution >= 0.6 is 0 Å². The fourth-order valence-electron chi connectivity index (χ4n) is 1.66. The monoisotopic (exact) mass is 209 g/mol. The third kappa shape index (κ3) is 1.75. The van der Waals surface area contributed by atoms with Crippen LogP contribution in [0, 0.1) is 0 Å². The Hall–Kier alpha value is -1.71. The van der Waals surface area contributed by atoms with Gasteiger partial charge in [-0.1, -0.05) is 12.1 Å².